The summed E-state index contributed by atoms with van der Waals surface area (Å²) in [6, 6.07) is 4.68. The van der Waals surface area contributed by atoms with Gasteiger partial charge < -0.3 is 10.1 Å². The van der Waals surface area contributed by atoms with Gasteiger partial charge in [0.25, 0.3) is 0 Å². The predicted molar refractivity (Wildman–Crippen MR) is 86.8 cm³/mol. The summed E-state index contributed by atoms with van der Waals surface area (Å²) in [7, 11) is 0. The van der Waals surface area contributed by atoms with Crippen molar-refractivity contribution in [3.8, 4) is 0 Å². The van der Waals surface area contributed by atoms with Crippen LogP contribution >= 0.6 is 11.6 Å². The zero-order valence-electron chi connectivity index (χ0n) is 13.1. The number of nitrogens with one attached hydrogen (secondary N) is 1. The Morgan fingerprint density at radius 3 is 3.04 bits per heavy atom. The Morgan fingerprint density at radius 2 is 2.30 bits per heavy atom. The fraction of sp³-hybridized carbons (Fsp3) is 0.588. The second kappa shape index (κ2) is 7.60. The molecule has 126 valence electrons. The van der Waals surface area contributed by atoms with E-state index in [4.69, 9.17) is 16.3 Å². The fourth-order valence-electron chi connectivity index (χ4n) is 3.27. The molecule has 0 unspecified atom stereocenters. The lowest BCUT2D eigenvalue weighted by Crippen LogP contribution is -2.49. The van der Waals surface area contributed by atoms with Gasteiger partial charge in [0.15, 0.2) is 0 Å². The summed E-state index contributed by atoms with van der Waals surface area (Å²) < 4.78 is 18.4. The van der Waals surface area contributed by atoms with E-state index in [1.165, 1.54) is 12.1 Å². The molecule has 0 aliphatic carbocycles. The lowest BCUT2D eigenvalue weighted by molar-refractivity contribution is -0.126. The first-order valence-electron chi connectivity index (χ1n) is 8.16. The molecular weight excluding hydrogens is 319 g/mol. The predicted octanol–water partition coefficient (Wildman–Crippen LogP) is 2.60. The van der Waals surface area contributed by atoms with Gasteiger partial charge in [0.1, 0.15) is 5.82 Å². The summed E-state index contributed by atoms with van der Waals surface area (Å²) >= 11 is 6.11. The summed E-state index contributed by atoms with van der Waals surface area (Å²) in [5.74, 6) is -0.215. The van der Waals surface area contributed by atoms with E-state index in [9.17, 15) is 9.18 Å². The molecule has 4 nitrogen and oxygen atoms in total. The number of hydrogen-bond acceptors (Lipinski definition) is 3. The zero-order valence-corrected chi connectivity index (χ0v) is 13.8. The van der Waals surface area contributed by atoms with Crippen LogP contribution in [0.4, 0.5) is 4.39 Å². The van der Waals surface area contributed by atoms with Crippen molar-refractivity contribution < 1.29 is 13.9 Å². The molecule has 0 spiro atoms. The summed E-state index contributed by atoms with van der Waals surface area (Å²) in [5.41, 5.74) is 0.921. The highest BCUT2D eigenvalue weighted by molar-refractivity contribution is 6.31. The van der Waals surface area contributed by atoms with Crippen molar-refractivity contribution in [3.05, 3.63) is 34.6 Å². The van der Waals surface area contributed by atoms with Crippen LogP contribution in [0.2, 0.25) is 5.02 Å². The minimum Gasteiger partial charge on any atom is -0.381 e. The van der Waals surface area contributed by atoms with Gasteiger partial charge in [0.05, 0.1) is 12.5 Å². The lowest BCUT2D eigenvalue weighted by atomic mass is 10.0. The number of halogens is 2. The summed E-state index contributed by atoms with van der Waals surface area (Å²) in [6.07, 6.45) is 2.84. The first kappa shape index (κ1) is 16.7. The monoisotopic (exact) mass is 340 g/mol. The van der Waals surface area contributed by atoms with Crippen LogP contribution in [-0.4, -0.2) is 43.2 Å². The molecule has 0 radical (unpaired) electrons. The molecule has 3 rings (SSSR count). The highest BCUT2D eigenvalue weighted by Crippen LogP contribution is 2.21. The minimum absolute atomic E-state index is 0.00285. The van der Waals surface area contributed by atoms with Gasteiger partial charge in [-0.2, -0.15) is 0 Å². The number of amides is 1. The maximum Gasteiger partial charge on any atom is 0.225 e. The van der Waals surface area contributed by atoms with E-state index >= 15 is 0 Å². The molecule has 0 aromatic heterocycles. The molecule has 1 aromatic carbocycles. The van der Waals surface area contributed by atoms with Gasteiger partial charge >= 0.3 is 0 Å². The van der Waals surface area contributed by atoms with E-state index in [1.54, 1.807) is 6.07 Å². The molecule has 2 aliphatic rings. The Hall–Kier alpha value is -1.17. The highest BCUT2D eigenvalue weighted by atomic mass is 35.5. The maximum absolute atomic E-state index is 13.1. The van der Waals surface area contributed by atoms with Gasteiger partial charge in [-0.3, -0.25) is 9.69 Å². The summed E-state index contributed by atoms with van der Waals surface area (Å²) in [5, 5.41) is 3.60. The number of piperidine rings is 1. The van der Waals surface area contributed by atoms with Crippen molar-refractivity contribution >= 4 is 17.5 Å². The Balaban J connectivity index is 1.54. The Morgan fingerprint density at radius 1 is 1.43 bits per heavy atom. The van der Waals surface area contributed by atoms with Crippen LogP contribution in [-0.2, 0) is 16.1 Å². The molecule has 1 aromatic rings. The van der Waals surface area contributed by atoms with E-state index in [0.717, 1.165) is 37.9 Å². The largest absolute Gasteiger partial charge is 0.381 e. The first-order valence-corrected chi connectivity index (χ1v) is 8.54. The number of benzene rings is 1. The average molecular weight is 341 g/mol. The molecule has 6 heteroatoms. The van der Waals surface area contributed by atoms with E-state index < -0.39 is 0 Å². The Labute approximate surface area is 140 Å². The molecule has 2 saturated heterocycles. The van der Waals surface area contributed by atoms with Crippen molar-refractivity contribution in [3.63, 3.8) is 0 Å². The standard InChI is InChI=1S/C17H22ClFN2O2/c18-16-8-14(19)4-3-12(16)9-21-6-1-2-15(10-21)20-17(22)13-5-7-23-11-13/h3-4,8,13,15H,1-2,5-7,9-11H2,(H,20,22)/t13-,15-/m0/s1. The lowest BCUT2D eigenvalue weighted by Gasteiger charge is -2.33. The number of ether oxygens (including phenoxy) is 1. The third-order valence-corrected chi connectivity index (χ3v) is 4.91. The topological polar surface area (TPSA) is 41.6 Å². The summed E-state index contributed by atoms with van der Waals surface area (Å²) in [6.45, 7) is 3.66. The zero-order chi connectivity index (χ0) is 16.2. The van der Waals surface area contributed by atoms with Crippen LogP contribution in [0.25, 0.3) is 0 Å². The molecule has 0 bridgehead atoms. The number of likely N-dealkylation sites (tertiary alicyclic amines) is 1. The molecule has 2 aliphatic heterocycles. The Bertz CT molecular complexity index is 564. The third-order valence-electron chi connectivity index (χ3n) is 4.56. The quantitative estimate of drug-likeness (QED) is 0.916. The molecule has 2 atom stereocenters. The summed E-state index contributed by atoms with van der Waals surface area (Å²) in [4.78, 5) is 14.5. The number of nitrogens with zero attached hydrogens (tertiary/aromatic N) is 1. The van der Waals surface area contributed by atoms with Gasteiger partial charge in [-0.05, 0) is 43.5 Å². The Kier molecular flexibility index (Phi) is 5.51. The van der Waals surface area contributed by atoms with Crippen LogP contribution in [0.1, 0.15) is 24.8 Å². The first-order chi connectivity index (χ1) is 11.1. The van der Waals surface area contributed by atoms with Gasteiger partial charge in [0, 0.05) is 30.8 Å². The van der Waals surface area contributed by atoms with Crippen molar-refractivity contribution in [1.82, 2.24) is 10.2 Å². The van der Waals surface area contributed by atoms with E-state index in [1.807, 2.05) is 0 Å². The van der Waals surface area contributed by atoms with Crippen molar-refractivity contribution in [1.29, 1.82) is 0 Å². The van der Waals surface area contributed by atoms with Gasteiger partial charge in [-0.1, -0.05) is 17.7 Å². The second-order valence-electron chi connectivity index (χ2n) is 6.38. The van der Waals surface area contributed by atoms with E-state index in [-0.39, 0.29) is 23.7 Å². The van der Waals surface area contributed by atoms with Crippen LogP contribution in [0.3, 0.4) is 0 Å². The highest BCUT2D eigenvalue weighted by Gasteiger charge is 2.27. The number of carbonyl (C=O) groups is 1. The molecule has 2 fully saturated rings. The fourth-order valence-corrected chi connectivity index (χ4v) is 3.50. The number of carbonyl (C=O) groups excluding carboxylic acids is 1. The number of hydrogen-bond donors (Lipinski definition) is 1. The van der Waals surface area contributed by atoms with Gasteiger partial charge in [0.2, 0.25) is 5.91 Å². The molecule has 2 heterocycles. The van der Waals surface area contributed by atoms with Gasteiger partial charge in [-0.25, -0.2) is 4.39 Å². The molecule has 23 heavy (non-hydrogen) atoms. The van der Waals surface area contributed by atoms with Gasteiger partial charge in [-0.15, -0.1) is 0 Å². The van der Waals surface area contributed by atoms with Crippen LogP contribution < -0.4 is 5.32 Å². The smallest absolute Gasteiger partial charge is 0.225 e. The SMILES string of the molecule is O=C(N[C@H]1CCCN(Cc2ccc(F)cc2Cl)C1)[C@H]1CCOC1. The molecule has 0 saturated carbocycles. The number of rotatable bonds is 4. The molecule has 1 N–H and O–H groups in total. The van der Waals surface area contributed by atoms with Crippen LogP contribution in [0.15, 0.2) is 18.2 Å². The normalized spacial score (nSPS) is 25.5. The third kappa shape index (κ3) is 4.43. The second-order valence-corrected chi connectivity index (χ2v) is 6.79. The molecular formula is C17H22ClFN2O2. The van der Waals surface area contributed by atoms with Crippen molar-refractivity contribution in [2.24, 2.45) is 5.92 Å². The van der Waals surface area contributed by atoms with Crippen LogP contribution in [0, 0.1) is 11.7 Å². The van der Waals surface area contributed by atoms with E-state index in [2.05, 4.69) is 10.2 Å². The maximum atomic E-state index is 13.1. The van der Waals surface area contributed by atoms with E-state index in [0.29, 0.717) is 24.8 Å². The van der Waals surface area contributed by atoms with Crippen molar-refractivity contribution in [2.75, 3.05) is 26.3 Å². The van der Waals surface area contributed by atoms with Crippen molar-refractivity contribution in [2.45, 2.75) is 31.8 Å². The minimum atomic E-state index is -0.318. The molecule has 1 amide bonds. The average Bonchev–Trinajstić information content (AvgIpc) is 3.05. The van der Waals surface area contributed by atoms with Crippen LogP contribution in [0.5, 0.6) is 0 Å².